The molecule has 2 rings (SSSR count). The summed E-state index contributed by atoms with van der Waals surface area (Å²) in [6.45, 7) is 3.54. The Labute approximate surface area is 90.3 Å². The molecule has 0 spiro atoms. The molecule has 2 heterocycles. The molecule has 2 aliphatic heterocycles. The van der Waals surface area contributed by atoms with Crippen molar-refractivity contribution in [3.63, 3.8) is 0 Å². The molecule has 86 valence electrons. The lowest BCUT2D eigenvalue weighted by Gasteiger charge is -2.21. The van der Waals surface area contributed by atoms with Crippen molar-refractivity contribution in [1.82, 2.24) is 5.32 Å². The first-order valence-corrected chi connectivity index (χ1v) is 5.81. The van der Waals surface area contributed by atoms with Crippen LogP contribution in [0.25, 0.3) is 0 Å². The van der Waals surface area contributed by atoms with Crippen molar-refractivity contribution < 1.29 is 14.3 Å². The predicted octanol–water partition coefficient (Wildman–Crippen LogP) is 0.849. The first-order chi connectivity index (χ1) is 7.27. The maximum absolute atomic E-state index is 11.7. The van der Waals surface area contributed by atoms with Crippen LogP contribution in [-0.2, 0) is 14.3 Å². The van der Waals surface area contributed by atoms with Gasteiger partial charge in [-0.2, -0.15) is 0 Å². The van der Waals surface area contributed by atoms with Crippen molar-refractivity contribution in [2.24, 2.45) is 0 Å². The smallest absolute Gasteiger partial charge is 0.249 e. The van der Waals surface area contributed by atoms with Crippen LogP contribution in [0.1, 0.15) is 32.6 Å². The van der Waals surface area contributed by atoms with Crippen LogP contribution in [0, 0.1) is 0 Å². The van der Waals surface area contributed by atoms with E-state index < -0.39 is 0 Å². The number of carbonyl (C=O) groups excluding carboxylic acids is 1. The van der Waals surface area contributed by atoms with E-state index >= 15 is 0 Å². The molecule has 0 unspecified atom stereocenters. The average molecular weight is 213 g/mol. The van der Waals surface area contributed by atoms with Crippen LogP contribution in [-0.4, -0.2) is 37.4 Å². The van der Waals surface area contributed by atoms with E-state index in [1.807, 2.05) is 6.92 Å². The lowest BCUT2D eigenvalue weighted by atomic mass is 10.1. The van der Waals surface area contributed by atoms with E-state index in [2.05, 4.69) is 5.32 Å². The molecule has 0 bridgehead atoms. The highest BCUT2D eigenvalue weighted by atomic mass is 16.5. The molecule has 0 aliphatic carbocycles. The van der Waals surface area contributed by atoms with Gasteiger partial charge >= 0.3 is 0 Å². The SMILES string of the molecule is C[C@@H](NC(=O)[C@H]1CCCO1)[C@@H]1CCCO1. The second kappa shape index (κ2) is 4.94. The predicted molar refractivity (Wildman–Crippen MR) is 55.6 cm³/mol. The highest BCUT2D eigenvalue weighted by Gasteiger charge is 2.28. The number of ether oxygens (including phenoxy) is 2. The Bertz CT molecular complexity index is 220. The normalized spacial score (nSPS) is 32.9. The molecule has 0 aromatic carbocycles. The van der Waals surface area contributed by atoms with Crippen LogP contribution in [0.5, 0.6) is 0 Å². The third-order valence-electron chi connectivity index (χ3n) is 3.11. The monoisotopic (exact) mass is 213 g/mol. The largest absolute Gasteiger partial charge is 0.376 e. The number of rotatable bonds is 3. The minimum absolute atomic E-state index is 0.0236. The van der Waals surface area contributed by atoms with E-state index in [4.69, 9.17) is 9.47 Å². The van der Waals surface area contributed by atoms with Crippen LogP contribution in [0.4, 0.5) is 0 Å². The third-order valence-corrected chi connectivity index (χ3v) is 3.11. The molecule has 0 saturated carbocycles. The average Bonchev–Trinajstić information content (AvgIpc) is 2.91. The Balaban J connectivity index is 1.77. The summed E-state index contributed by atoms with van der Waals surface area (Å²) < 4.78 is 10.8. The Hall–Kier alpha value is -0.610. The van der Waals surface area contributed by atoms with Gasteiger partial charge in [-0.15, -0.1) is 0 Å². The van der Waals surface area contributed by atoms with Crippen molar-refractivity contribution in [3.8, 4) is 0 Å². The van der Waals surface area contributed by atoms with Gasteiger partial charge in [0.25, 0.3) is 0 Å². The van der Waals surface area contributed by atoms with Crippen LogP contribution in [0.15, 0.2) is 0 Å². The quantitative estimate of drug-likeness (QED) is 0.756. The van der Waals surface area contributed by atoms with E-state index in [1.54, 1.807) is 0 Å². The summed E-state index contributed by atoms with van der Waals surface area (Å²) in [4.78, 5) is 11.7. The lowest BCUT2D eigenvalue weighted by molar-refractivity contribution is -0.131. The van der Waals surface area contributed by atoms with Crippen molar-refractivity contribution in [3.05, 3.63) is 0 Å². The van der Waals surface area contributed by atoms with Crippen molar-refractivity contribution in [1.29, 1.82) is 0 Å². The summed E-state index contributed by atoms with van der Waals surface area (Å²) in [5.41, 5.74) is 0. The first kappa shape index (κ1) is 10.9. The van der Waals surface area contributed by atoms with Crippen LogP contribution >= 0.6 is 0 Å². The van der Waals surface area contributed by atoms with Gasteiger partial charge in [0, 0.05) is 13.2 Å². The number of hydrogen-bond donors (Lipinski definition) is 1. The van der Waals surface area contributed by atoms with E-state index in [0.29, 0.717) is 6.61 Å². The van der Waals surface area contributed by atoms with Crippen LogP contribution < -0.4 is 5.32 Å². The maximum atomic E-state index is 11.7. The molecule has 4 heteroatoms. The van der Waals surface area contributed by atoms with Gasteiger partial charge in [-0.3, -0.25) is 4.79 Å². The summed E-state index contributed by atoms with van der Waals surface area (Å²) >= 11 is 0. The molecular formula is C11H19NO3. The Morgan fingerprint density at radius 1 is 1.27 bits per heavy atom. The van der Waals surface area contributed by atoms with Gasteiger partial charge in [-0.05, 0) is 32.6 Å². The Morgan fingerprint density at radius 3 is 2.60 bits per heavy atom. The second-order valence-electron chi connectivity index (χ2n) is 4.35. The fraction of sp³-hybridized carbons (Fsp3) is 0.909. The van der Waals surface area contributed by atoms with Gasteiger partial charge in [0.15, 0.2) is 0 Å². The molecule has 2 aliphatic rings. The molecule has 2 fully saturated rings. The van der Waals surface area contributed by atoms with E-state index in [1.165, 1.54) is 0 Å². The van der Waals surface area contributed by atoms with Gasteiger partial charge in [0.05, 0.1) is 12.1 Å². The van der Waals surface area contributed by atoms with Crippen LogP contribution in [0.3, 0.4) is 0 Å². The third kappa shape index (κ3) is 2.69. The van der Waals surface area contributed by atoms with E-state index in [9.17, 15) is 4.79 Å². The summed E-state index contributed by atoms with van der Waals surface area (Å²) in [7, 11) is 0. The highest BCUT2D eigenvalue weighted by molar-refractivity contribution is 5.81. The number of carbonyl (C=O) groups is 1. The van der Waals surface area contributed by atoms with Gasteiger partial charge in [0.1, 0.15) is 6.10 Å². The molecule has 1 N–H and O–H groups in total. The topological polar surface area (TPSA) is 47.6 Å². The van der Waals surface area contributed by atoms with Crippen molar-refractivity contribution >= 4 is 5.91 Å². The van der Waals surface area contributed by atoms with Gasteiger partial charge in [-0.25, -0.2) is 0 Å². The van der Waals surface area contributed by atoms with Gasteiger partial charge in [-0.1, -0.05) is 0 Å². The number of nitrogens with one attached hydrogen (secondary N) is 1. The molecule has 0 aromatic rings. The standard InChI is InChI=1S/C11H19NO3/c1-8(9-4-2-6-14-9)12-11(13)10-5-3-7-15-10/h8-10H,2-7H2,1H3,(H,12,13)/t8-,9+,10-/m1/s1. The minimum atomic E-state index is -0.228. The second-order valence-corrected chi connectivity index (χ2v) is 4.35. The molecule has 4 nitrogen and oxygen atoms in total. The zero-order valence-corrected chi connectivity index (χ0v) is 9.20. The molecule has 1 amide bonds. The summed E-state index contributed by atoms with van der Waals surface area (Å²) in [5, 5.41) is 2.97. The first-order valence-electron chi connectivity index (χ1n) is 5.81. The number of amides is 1. The highest BCUT2D eigenvalue weighted by Crippen LogP contribution is 2.17. The molecule has 3 atom stereocenters. The Morgan fingerprint density at radius 2 is 2.00 bits per heavy atom. The zero-order chi connectivity index (χ0) is 10.7. The summed E-state index contributed by atoms with van der Waals surface area (Å²) in [6.07, 6.45) is 3.96. The van der Waals surface area contributed by atoms with Crippen molar-refractivity contribution in [2.75, 3.05) is 13.2 Å². The summed E-state index contributed by atoms with van der Waals surface area (Å²) in [5.74, 6) is 0.0236. The molecule has 0 radical (unpaired) electrons. The maximum Gasteiger partial charge on any atom is 0.249 e. The van der Waals surface area contributed by atoms with E-state index in [0.717, 1.165) is 32.3 Å². The molecular weight excluding hydrogens is 194 g/mol. The lowest BCUT2D eigenvalue weighted by Crippen LogP contribution is -2.45. The van der Waals surface area contributed by atoms with Crippen LogP contribution in [0.2, 0.25) is 0 Å². The van der Waals surface area contributed by atoms with Gasteiger partial charge in [0.2, 0.25) is 5.91 Å². The molecule has 2 saturated heterocycles. The number of hydrogen-bond acceptors (Lipinski definition) is 3. The zero-order valence-electron chi connectivity index (χ0n) is 9.20. The fourth-order valence-electron chi connectivity index (χ4n) is 2.19. The fourth-order valence-corrected chi connectivity index (χ4v) is 2.19. The molecule has 15 heavy (non-hydrogen) atoms. The van der Waals surface area contributed by atoms with E-state index in [-0.39, 0.29) is 24.2 Å². The van der Waals surface area contributed by atoms with Crippen molar-refractivity contribution in [2.45, 2.75) is 50.9 Å². The van der Waals surface area contributed by atoms with Gasteiger partial charge < -0.3 is 14.8 Å². The Kier molecular flexibility index (Phi) is 3.59. The minimum Gasteiger partial charge on any atom is -0.376 e. The summed E-state index contributed by atoms with van der Waals surface area (Å²) in [6, 6.07) is 0.101. The molecule has 0 aromatic heterocycles.